The van der Waals surface area contributed by atoms with Gasteiger partial charge in [-0.15, -0.1) is 0 Å². The number of esters is 1. The summed E-state index contributed by atoms with van der Waals surface area (Å²) in [5, 5.41) is 10.7. The van der Waals surface area contributed by atoms with E-state index >= 15 is 0 Å². The minimum absolute atomic E-state index is 0.185. The number of ether oxygens (including phenoxy) is 1. The van der Waals surface area contributed by atoms with Crippen molar-refractivity contribution in [3.63, 3.8) is 0 Å². The molecule has 1 aliphatic carbocycles. The topological polar surface area (TPSA) is 49.8 Å². The van der Waals surface area contributed by atoms with Crippen LogP contribution in [-0.2, 0) is 9.53 Å². The molecule has 0 saturated heterocycles. The molecule has 0 radical (unpaired) electrons. The van der Waals surface area contributed by atoms with E-state index in [1.54, 1.807) is 0 Å². The molecule has 4 heteroatoms. The molecule has 0 spiro atoms. The van der Waals surface area contributed by atoms with Gasteiger partial charge in [-0.2, -0.15) is 0 Å². The fraction of sp³-hybridized carbons (Fsp3) is 0.933. The first kappa shape index (κ1) is 16.4. The van der Waals surface area contributed by atoms with Crippen LogP contribution in [0.25, 0.3) is 0 Å². The van der Waals surface area contributed by atoms with E-state index < -0.39 is 5.60 Å². The van der Waals surface area contributed by atoms with Crippen LogP contribution in [0.5, 0.6) is 0 Å². The predicted molar refractivity (Wildman–Crippen MR) is 75.9 cm³/mol. The molecule has 4 nitrogen and oxygen atoms in total. The van der Waals surface area contributed by atoms with E-state index in [-0.39, 0.29) is 5.97 Å². The van der Waals surface area contributed by atoms with Crippen molar-refractivity contribution in [2.24, 2.45) is 5.92 Å². The highest BCUT2D eigenvalue weighted by Gasteiger charge is 2.34. The minimum atomic E-state index is -0.576. The molecular formula is C15H29NO3. The van der Waals surface area contributed by atoms with Crippen LogP contribution in [-0.4, -0.2) is 47.8 Å². The molecule has 1 rings (SSSR count). The van der Waals surface area contributed by atoms with E-state index in [4.69, 9.17) is 0 Å². The zero-order chi connectivity index (χ0) is 14.5. The zero-order valence-corrected chi connectivity index (χ0v) is 12.8. The number of carbonyl (C=O) groups is 1. The van der Waals surface area contributed by atoms with Crippen molar-refractivity contribution < 1.29 is 14.6 Å². The van der Waals surface area contributed by atoms with Crippen LogP contribution in [0.1, 0.15) is 52.9 Å². The molecule has 112 valence electrons. The lowest BCUT2D eigenvalue weighted by Gasteiger charge is -2.40. The van der Waals surface area contributed by atoms with Crippen LogP contribution in [0.15, 0.2) is 0 Å². The Hall–Kier alpha value is -0.610. The van der Waals surface area contributed by atoms with Crippen molar-refractivity contribution in [3.8, 4) is 0 Å². The maximum atomic E-state index is 11.2. The van der Waals surface area contributed by atoms with Crippen LogP contribution in [0.2, 0.25) is 0 Å². The monoisotopic (exact) mass is 271 g/mol. The quantitative estimate of drug-likeness (QED) is 0.752. The van der Waals surface area contributed by atoms with Gasteiger partial charge in [-0.05, 0) is 45.4 Å². The van der Waals surface area contributed by atoms with Crippen LogP contribution < -0.4 is 0 Å². The Labute approximate surface area is 117 Å². The molecule has 19 heavy (non-hydrogen) atoms. The first-order valence-electron chi connectivity index (χ1n) is 7.39. The van der Waals surface area contributed by atoms with Gasteiger partial charge in [0.05, 0.1) is 19.1 Å². The van der Waals surface area contributed by atoms with Crippen LogP contribution >= 0.6 is 0 Å². The van der Waals surface area contributed by atoms with Gasteiger partial charge in [0.15, 0.2) is 0 Å². The number of nitrogens with zero attached hydrogens (tertiary/aromatic N) is 1. The van der Waals surface area contributed by atoms with Crippen LogP contribution in [0.3, 0.4) is 0 Å². The minimum Gasteiger partial charge on any atom is -0.469 e. The summed E-state index contributed by atoms with van der Waals surface area (Å²) in [5.41, 5.74) is -0.576. The zero-order valence-electron chi connectivity index (χ0n) is 12.8. The predicted octanol–water partition coefficient (Wildman–Crippen LogP) is 2.20. The van der Waals surface area contributed by atoms with E-state index in [1.165, 1.54) is 7.11 Å². The molecule has 1 N–H and O–H groups in total. The molecule has 0 atom stereocenters. The second-order valence-corrected chi connectivity index (χ2v) is 6.30. The third-order valence-electron chi connectivity index (χ3n) is 4.26. The number of rotatable bonds is 6. The largest absolute Gasteiger partial charge is 0.469 e. The van der Waals surface area contributed by atoms with Crippen LogP contribution in [0, 0.1) is 5.92 Å². The van der Waals surface area contributed by atoms with Crippen molar-refractivity contribution in [1.82, 2.24) is 4.90 Å². The summed E-state index contributed by atoms with van der Waals surface area (Å²) in [6, 6.07) is 0.327. The Kier molecular flexibility index (Phi) is 6.27. The van der Waals surface area contributed by atoms with Gasteiger partial charge in [-0.1, -0.05) is 6.92 Å². The lowest BCUT2D eigenvalue weighted by atomic mass is 9.79. The lowest BCUT2D eigenvalue weighted by molar-refractivity contribution is -0.141. The fourth-order valence-electron chi connectivity index (χ4n) is 2.69. The summed E-state index contributed by atoms with van der Waals surface area (Å²) in [6.07, 6.45) is 4.32. The van der Waals surface area contributed by atoms with Gasteiger partial charge < -0.3 is 9.84 Å². The van der Waals surface area contributed by atoms with E-state index in [9.17, 15) is 9.90 Å². The second kappa shape index (κ2) is 7.25. The van der Waals surface area contributed by atoms with E-state index in [2.05, 4.69) is 30.4 Å². The number of hydrogen-bond acceptors (Lipinski definition) is 4. The molecule has 0 amide bonds. The van der Waals surface area contributed by atoms with Crippen molar-refractivity contribution in [3.05, 3.63) is 0 Å². The van der Waals surface area contributed by atoms with Gasteiger partial charge in [0.2, 0.25) is 0 Å². The van der Waals surface area contributed by atoms with Crippen molar-refractivity contribution in [2.45, 2.75) is 64.5 Å². The third-order valence-corrected chi connectivity index (χ3v) is 4.26. The highest BCUT2D eigenvalue weighted by Crippen LogP contribution is 2.32. The Morgan fingerprint density at radius 1 is 1.42 bits per heavy atom. The summed E-state index contributed by atoms with van der Waals surface area (Å²) >= 11 is 0. The highest BCUT2D eigenvalue weighted by molar-refractivity contribution is 5.69. The molecule has 1 fully saturated rings. The molecule has 1 aliphatic rings. The number of carbonyl (C=O) groups excluding carboxylic acids is 1. The molecule has 0 bridgehead atoms. The maximum absolute atomic E-state index is 11.2. The Bertz CT molecular complexity index is 283. The normalized spacial score (nSPS) is 27.8. The van der Waals surface area contributed by atoms with Crippen LogP contribution in [0.4, 0.5) is 0 Å². The molecule has 0 aromatic heterocycles. The Morgan fingerprint density at radius 3 is 2.47 bits per heavy atom. The average molecular weight is 271 g/mol. The molecular weight excluding hydrogens is 242 g/mol. The Morgan fingerprint density at radius 2 is 2.00 bits per heavy atom. The van der Waals surface area contributed by atoms with Crippen molar-refractivity contribution in [2.75, 3.05) is 20.2 Å². The standard InChI is InChI=1S/C15H29NO3/c1-12(2)16(10-7-14(17)19-4)11-15(18)8-5-13(3)6-9-15/h12-13,18H,5-11H2,1-4H3. The first-order chi connectivity index (χ1) is 8.86. The third kappa shape index (κ3) is 5.49. The molecule has 0 heterocycles. The molecule has 1 saturated carbocycles. The second-order valence-electron chi connectivity index (χ2n) is 6.30. The lowest BCUT2D eigenvalue weighted by Crippen LogP contribution is -2.48. The summed E-state index contributed by atoms with van der Waals surface area (Å²) < 4.78 is 4.68. The van der Waals surface area contributed by atoms with Gasteiger partial charge in [0.25, 0.3) is 0 Å². The van der Waals surface area contributed by atoms with E-state index in [0.717, 1.165) is 31.6 Å². The number of aliphatic hydroxyl groups is 1. The smallest absolute Gasteiger partial charge is 0.306 e. The molecule has 0 aromatic rings. The number of hydrogen-bond donors (Lipinski definition) is 1. The van der Waals surface area contributed by atoms with Crippen molar-refractivity contribution in [1.29, 1.82) is 0 Å². The van der Waals surface area contributed by atoms with Crippen molar-refractivity contribution >= 4 is 5.97 Å². The summed E-state index contributed by atoms with van der Waals surface area (Å²) in [4.78, 5) is 13.4. The maximum Gasteiger partial charge on any atom is 0.306 e. The summed E-state index contributed by atoms with van der Waals surface area (Å²) in [5.74, 6) is 0.540. The van der Waals surface area contributed by atoms with Gasteiger partial charge in [-0.25, -0.2) is 0 Å². The fourth-order valence-corrected chi connectivity index (χ4v) is 2.69. The Balaban J connectivity index is 2.50. The van der Waals surface area contributed by atoms with Gasteiger partial charge in [0, 0.05) is 19.1 Å². The average Bonchev–Trinajstić information content (AvgIpc) is 2.37. The van der Waals surface area contributed by atoms with E-state index in [0.29, 0.717) is 25.6 Å². The highest BCUT2D eigenvalue weighted by atomic mass is 16.5. The summed E-state index contributed by atoms with van der Waals surface area (Å²) in [7, 11) is 1.41. The number of methoxy groups -OCH3 is 1. The van der Waals surface area contributed by atoms with Gasteiger partial charge in [0.1, 0.15) is 0 Å². The SMILES string of the molecule is COC(=O)CCN(CC1(O)CCC(C)CC1)C(C)C. The van der Waals surface area contributed by atoms with E-state index in [1.807, 2.05) is 0 Å². The summed E-state index contributed by atoms with van der Waals surface area (Å²) in [6.45, 7) is 7.77. The van der Waals surface area contributed by atoms with Gasteiger partial charge in [-0.3, -0.25) is 9.69 Å². The molecule has 0 aliphatic heterocycles. The van der Waals surface area contributed by atoms with Gasteiger partial charge >= 0.3 is 5.97 Å². The first-order valence-corrected chi connectivity index (χ1v) is 7.39. The molecule has 0 aromatic carbocycles. The molecule has 0 unspecified atom stereocenters.